The molecule has 20 heavy (non-hydrogen) atoms. The van der Waals surface area contributed by atoms with Gasteiger partial charge in [-0.15, -0.1) is 0 Å². The first-order valence-electron chi connectivity index (χ1n) is 6.11. The molecule has 108 valence electrons. The third kappa shape index (κ3) is 3.39. The molecule has 0 fully saturated rings. The summed E-state index contributed by atoms with van der Waals surface area (Å²) < 4.78 is 15.5. The highest BCUT2D eigenvalue weighted by atomic mass is 16.5. The van der Waals surface area contributed by atoms with E-state index in [1.807, 2.05) is 0 Å². The normalized spacial score (nSPS) is 14.8. The van der Waals surface area contributed by atoms with E-state index < -0.39 is 0 Å². The van der Waals surface area contributed by atoms with Gasteiger partial charge >= 0.3 is 0 Å². The molecule has 1 aromatic rings. The Hall–Kier alpha value is -2.28. The van der Waals surface area contributed by atoms with Gasteiger partial charge in [-0.05, 0) is 12.1 Å². The Morgan fingerprint density at radius 3 is 3.15 bits per heavy atom. The van der Waals surface area contributed by atoms with Crippen molar-refractivity contribution in [3.05, 3.63) is 23.8 Å². The van der Waals surface area contributed by atoms with Crippen molar-refractivity contribution in [2.45, 2.75) is 0 Å². The maximum Gasteiger partial charge on any atom is 0.258 e. The minimum atomic E-state index is -0.221. The van der Waals surface area contributed by atoms with Gasteiger partial charge in [0.25, 0.3) is 5.91 Å². The molecule has 0 unspecified atom stereocenters. The van der Waals surface area contributed by atoms with Gasteiger partial charge < -0.3 is 24.7 Å². The van der Waals surface area contributed by atoms with E-state index in [9.17, 15) is 4.79 Å². The molecule has 0 aliphatic carbocycles. The summed E-state index contributed by atoms with van der Waals surface area (Å²) in [4.78, 5) is 11.4. The molecule has 0 aromatic heterocycles. The predicted octanol–water partition coefficient (Wildman–Crippen LogP) is 0.399. The molecule has 1 amide bonds. The van der Waals surface area contributed by atoms with E-state index in [-0.39, 0.29) is 19.1 Å². The van der Waals surface area contributed by atoms with Crippen LogP contribution in [0.15, 0.2) is 23.4 Å². The molecule has 1 heterocycles. The topological polar surface area (TPSA) is 89.4 Å². The number of rotatable bonds is 6. The summed E-state index contributed by atoms with van der Waals surface area (Å²) in [6.07, 6.45) is 0. The molecular formula is C13H16N2O5. The van der Waals surface area contributed by atoms with Crippen LogP contribution in [-0.2, 0) is 9.53 Å². The first-order chi connectivity index (χ1) is 9.74. The van der Waals surface area contributed by atoms with Crippen LogP contribution in [0.5, 0.6) is 11.5 Å². The maximum absolute atomic E-state index is 11.4. The van der Waals surface area contributed by atoms with E-state index in [2.05, 4.69) is 10.5 Å². The molecule has 2 rings (SSSR count). The van der Waals surface area contributed by atoms with E-state index in [0.29, 0.717) is 30.4 Å². The second-order valence-corrected chi connectivity index (χ2v) is 4.12. The number of hydrogen-bond donors (Lipinski definition) is 2. The fraction of sp³-hybridized carbons (Fsp3) is 0.385. The second kappa shape index (κ2) is 6.76. The number of methoxy groups -OCH3 is 1. The van der Waals surface area contributed by atoms with Crippen molar-refractivity contribution >= 4 is 11.6 Å². The Balaban J connectivity index is 1.87. The summed E-state index contributed by atoms with van der Waals surface area (Å²) in [7, 11) is 1.57. The molecule has 7 heteroatoms. The van der Waals surface area contributed by atoms with Crippen LogP contribution in [0.25, 0.3) is 0 Å². The number of ether oxygens (including phenoxy) is 3. The molecule has 0 saturated heterocycles. The van der Waals surface area contributed by atoms with Crippen LogP contribution in [0.4, 0.5) is 0 Å². The highest BCUT2D eigenvalue weighted by Crippen LogP contribution is 2.29. The average molecular weight is 280 g/mol. The molecular weight excluding hydrogens is 264 g/mol. The summed E-state index contributed by atoms with van der Waals surface area (Å²) >= 11 is 0. The van der Waals surface area contributed by atoms with Crippen LogP contribution < -0.4 is 14.8 Å². The summed E-state index contributed by atoms with van der Waals surface area (Å²) in [5.41, 5.74) is 1.20. The highest BCUT2D eigenvalue weighted by molar-refractivity contribution is 6.06. The third-order valence-electron chi connectivity index (χ3n) is 2.75. The van der Waals surface area contributed by atoms with Crippen LogP contribution in [0, 0.1) is 0 Å². The Labute approximate surface area is 116 Å². The van der Waals surface area contributed by atoms with E-state index in [4.69, 9.17) is 19.4 Å². The molecule has 0 radical (unpaired) electrons. The van der Waals surface area contributed by atoms with Gasteiger partial charge in [-0.1, -0.05) is 5.16 Å². The number of amides is 1. The minimum Gasteiger partial charge on any atom is -0.486 e. The number of fused-ring (bicyclic) bond motifs is 1. The molecule has 7 nitrogen and oxygen atoms in total. The Bertz CT molecular complexity index is 515. The zero-order chi connectivity index (χ0) is 14.4. The largest absolute Gasteiger partial charge is 0.486 e. The number of carbonyl (C=O) groups excluding carboxylic acids is 1. The number of hydrogen-bond acceptors (Lipinski definition) is 6. The fourth-order valence-electron chi connectivity index (χ4n) is 1.75. The Morgan fingerprint density at radius 1 is 1.55 bits per heavy atom. The monoisotopic (exact) mass is 280 g/mol. The van der Waals surface area contributed by atoms with E-state index in [1.165, 1.54) is 0 Å². The molecule has 0 atom stereocenters. The van der Waals surface area contributed by atoms with Crippen molar-refractivity contribution in [1.29, 1.82) is 0 Å². The SMILES string of the molecule is COCCNC(=O)COc1ccc2c(c1)OCC2=NO. The van der Waals surface area contributed by atoms with Crippen molar-refractivity contribution in [2.75, 3.05) is 33.5 Å². The molecule has 0 bridgehead atoms. The first-order valence-corrected chi connectivity index (χ1v) is 6.11. The van der Waals surface area contributed by atoms with Crippen LogP contribution in [0.2, 0.25) is 0 Å². The van der Waals surface area contributed by atoms with Gasteiger partial charge in [-0.3, -0.25) is 4.79 Å². The van der Waals surface area contributed by atoms with Gasteiger partial charge in [0.15, 0.2) is 6.61 Å². The standard InChI is InChI=1S/C13H16N2O5/c1-18-5-4-14-13(16)8-19-9-2-3-10-11(15-17)7-20-12(10)6-9/h2-3,6,17H,4-5,7-8H2,1H3,(H,14,16). The van der Waals surface area contributed by atoms with Crippen LogP contribution in [0.1, 0.15) is 5.56 Å². The van der Waals surface area contributed by atoms with E-state index in [0.717, 1.165) is 5.56 Å². The van der Waals surface area contributed by atoms with Crippen molar-refractivity contribution in [3.63, 3.8) is 0 Å². The lowest BCUT2D eigenvalue weighted by Crippen LogP contribution is -2.31. The zero-order valence-corrected chi connectivity index (χ0v) is 11.1. The van der Waals surface area contributed by atoms with Gasteiger partial charge in [-0.25, -0.2) is 0 Å². The molecule has 1 aliphatic heterocycles. The molecule has 1 aromatic carbocycles. The lowest BCUT2D eigenvalue weighted by atomic mass is 10.1. The number of carbonyl (C=O) groups is 1. The number of nitrogens with zero attached hydrogens (tertiary/aromatic N) is 1. The van der Waals surface area contributed by atoms with Gasteiger partial charge in [0.05, 0.1) is 6.61 Å². The lowest BCUT2D eigenvalue weighted by molar-refractivity contribution is -0.123. The average Bonchev–Trinajstić information content (AvgIpc) is 2.87. The van der Waals surface area contributed by atoms with E-state index in [1.54, 1.807) is 25.3 Å². The summed E-state index contributed by atoms with van der Waals surface area (Å²) in [6.45, 7) is 1.06. The number of nitrogens with one attached hydrogen (secondary N) is 1. The highest BCUT2D eigenvalue weighted by Gasteiger charge is 2.20. The Kier molecular flexibility index (Phi) is 4.78. The van der Waals surface area contributed by atoms with Crippen molar-refractivity contribution in [2.24, 2.45) is 5.16 Å². The zero-order valence-electron chi connectivity index (χ0n) is 11.1. The number of oxime groups is 1. The fourth-order valence-corrected chi connectivity index (χ4v) is 1.75. The second-order valence-electron chi connectivity index (χ2n) is 4.12. The van der Waals surface area contributed by atoms with Crippen LogP contribution in [-0.4, -0.2) is 50.3 Å². The summed E-state index contributed by atoms with van der Waals surface area (Å²) in [5, 5.41) is 14.6. The number of benzene rings is 1. The van der Waals surface area contributed by atoms with Crippen molar-refractivity contribution in [1.82, 2.24) is 5.32 Å². The van der Waals surface area contributed by atoms with Crippen LogP contribution in [0.3, 0.4) is 0 Å². The smallest absolute Gasteiger partial charge is 0.258 e. The van der Waals surface area contributed by atoms with Gasteiger partial charge in [0.1, 0.15) is 23.8 Å². The van der Waals surface area contributed by atoms with Crippen LogP contribution >= 0.6 is 0 Å². The van der Waals surface area contributed by atoms with Gasteiger partial charge in [0, 0.05) is 25.3 Å². The molecule has 2 N–H and O–H groups in total. The Morgan fingerprint density at radius 2 is 2.40 bits per heavy atom. The van der Waals surface area contributed by atoms with Crippen molar-refractivity contribution < 1.29 is 24.2 Å². The molecule has 1 aliphatic rings. The quantitative estimate of drug-likeness (QED) is 0.447. The first kappa shape index (κ1) is 14.1. The predicted molar refractivity (Wildman–Crippen MR) is 70.6 cm³/mol. The summed E-state index contributed by atoms with van der Waals surface area (Å²) in [6, 6.07) is 5.09. The van der Waals surface area contributed by atoms with Gasteiger partial charge in [-0.2, -0.15) is 0 Å². The van der Waals surface area contributed by atoms with E-state index >= 15 is 0 Å². The van der Waals surface area contributed by atoms with Crippen molar-refractivity contribution in [3.8, 4) is 11.5 Å². The maximum atomic E-state index is 11.4. The lowest BCUT2D eigenvalue weighted by Gasteiger charge is -2.08. The molecule has 0 spiro atoms. The summed E-state index contributed by atoms with van der Waals surface area (Å²) in [5.74, 6) is 0.876. The molecule has 0 saturated carbocycles. The van der Waals surface area contributed by atoms with Gasteiger partial charge in [0.2, 0.25) is 0 Å². The minimum absolute atomic E-state index is 0.0799. The third-order valence-corrected chi connectivity index (χ3v) is 2.75.